The van der Waals surface area contributed by atoms with E-state index in [2.05, 4.69) is 17.9 Å². The van der Waals surface area contributed by atoms with Gasteiger partial charge in [-0.25, -0.2) is 0 Å². The van der Waals surface area contributed by atoms with Gasteiger partial charge in [0.1, 0.15) is 0 Å². The van der Waals surface area contributed by atoms with Crippen LogP contribution in [0.25, 0.3) is 0 Å². The first kappa shape index (κ1) is 11.3. The van der Waals surface area contributed by atoms with Crippen molar-refractivity contribution < 1.29 is 4.74 Å². The monoisotopic (exact) mass is 220 g/mol. The molecule has 1 unspecified atom stereocenters. The van der Waals surface area contributed by atoms with E-state index < -0.39 is 0 Å². The van der Waals surface area contributed by atoms with Gasteiger partial charge in [0.05, 0.1) is 18.0 Å². The van der Waals surface area contributed by atoms with E-state index in [-0.39, 0.29) is 0 Å². The van der Waals surface area contributed by atoms with Crippen LogP contribution in [-0.4, -0.2) is 26.3 Å². The van der Waals surface area contributed by atoms with Crippen molar-refractivity contribution in [1.82, 2.24) is 0 Å². The Morgan fingerprint density at radius 1 is 1.44 bits per heavy atom. The third-order valence-electron chi connectivity index (χ3n) is 3.16. The molecule has 0 spiro atoms. The van der Waals surface area contributed by atoms with Crippen molar-refractivity contribution in [3.05, 3.63) is 24.3 Å². The van der Waals surface area contributed by atoms with Gasteiger partial charge in [0.25, 0.3) is 0 Å². The van der Waals surface area contributed by atoms with Crippen LogP contribution in [0, 0.1) is 5.92 Å². The van der Waals surface area contributed by atoms with Crippen molar-refractivity contribution in [3.8, 4) is 0 Å². The number of benzene rings is 1. The van der Waals surface area contributed by atoms with E-state index in [1.54, 1.807) is 0 Å². The Kier molecular flexibility index (Phi) is 3.67. The standard InChI is InChI=1S/C13H20N2O/c1-2-15(9-11-7-8-16-10-11)13-6-4-3-5-12(13)14/h3-6,11H,2,7-10,14H2,1H3. The van der Waals surface area contributed by atoms with Gasteiger partial charge in [0.15, 0.2) is 0 Å². The Balaban J connectivity index is 2.06. The quantitative estimate of drug-likeness (QED) is 0.790. The molecule has 1 fully saturated rings. The molecule has 0 saturated carbocycles. The molecule has 1 aliphatic rings. The first-order valence-electron chi connectivity index (χ1n) is 5.98. The van der Waals surface area contributed by atoms with Crippen molar-refractivity contribution in [3.63, 3.8) is 0 Å². The molecule has 1 aliphatic heterocycles. The number of anilines is 2. The van der Waals surface area contributed by atoms with Crippen molar-refractivity contribution in [2.45, 2.75) is 13.3 Å². The molecular formula is C13H20N2O. The number of nitrogens with zero attached hydrogens (tertiary/aromatic N) is 1. The van der Waals surface area contributed by atoms with Crippen molar-refractivity contribution in [2.24, 2.45) is 5.92 Å². The van der Waals surface area contributed by atoms with E-state index in [9.17, 15) is 0 Å². The lowest BCUT2D eigenvalue weighted by Crippen LogP contribution is -2.30. The van der Waals surface area contributed by atoms with Gasteiger partial charge in [0.2, 0.25) is 0 Å². The van der Waals surface area contributed by atoms with E-state index in [0.29, 0.717) is 5.92 Å². The second kappa shape index (κ2) is 5.21. The maximum Gasteiger partial charge on any atom is 0.0599 e. The minimum Gasteiger partial charge on any atom is -0.397 e. The lowest BCUT2D eigenvalue weighted by molar-refractivity contribution is 0.186. The third-order valence-corrected chi connectivity index (χ3v) is 3.16. The van der Waals surface area contributed by atoms with E-state index in [0.717, 1.165) is 37.7 Å². The number of ether oxygens (including phenoxy) is 1. The number of nitrogen functional groups attached to an aromatic ring is 1. The van der Waals surface area contributed by atoms with Crippen molar-refractivity contribution >= 4 is 11.4 Å². The highest BCUT2D eigenvalue weighted by Gasteiger charge is 2.19. The van der Waals surface area contributed by atoms with Crippen LogP contribution >= 0.6 is 0 Å². The summed E-state index contributed by atoms with van der Waals surface area (Å²) in [6.45, 7) is 6.01. The fraction of sp³-hybridized carbons (Fsp3) is 0.538. The molecule has 16 heavy (non-hydrogen) atoms. The molecular weight excluding hydrogens is 200 g/mol. The summed E-state index contributed by atoms with van der Waals surface area (Å²) in [5, 5.41) is 0. The van der Waals surface area contributed by atoms with Gasteiger partial charge in [-0.2, -0.15) is 0 Å². The molecule has 0 amide bonds. The number of nitrogens with two attached hydrogens (primary N) is 1. The maximum absolute atomic E-state index is 6.00. The fourth-order valence-electron chi connectivity index (χ4n) is 2.21. The largest absolute Gasteiger partial charge is 0.397 e. The maximum atomic E-state index is 6.00. The summed E-state index contributed by atoms with van der Waals surface area (Å²) >= 11 is 0. The highest BCUT2D eigenvalue weighted by molar-refractivity contribution is 5.67. The molecule has 0 radical (unpaired) electrons. The summed E-state index contributed by atoms with van der Waals surface area (Å²) in [5.41, 5.74) is 8.01. The van der Waals surface area contributed by atoms with Crippen molar-refractivity contribution in [1.29, 1.82) is 0 Å². The molecule has 88 valence electrons. The molecule has 1 saturated heterocycles. The van der Waals surface area contributed by atoms with Crippen LogP contribution in [0.2, 0.25) is 0 Å². The summed E-state index contributed by atoms with van der Waals surface area (Å²) in [4.78, 5) is 2.34. The Morgan fingerprint density at radius 3 is 2.88 bits per heavy atom. The average molecular weight is 220 g/mol. The van der Waals surface area contributed by atoms with E-state index >= 15 is 0 Å². The second-order valence-corrected chi connectivity index (χ2v) is 4.33. The summed E-state index contributed by atoms with van der Waals surface area (Å²) in [6, 6.07) is 8.07. The van der Waals surface area contributed by atoms with Gasteiger partial charge >= 0.3 is 0 Å². The normalized spacial score (nSPS) is 19.9. The molecule has 3 heteroatoms. The molecule has 2 rings (SSSR count). The van der Waals surface area contributed by atoms with Crippen LogP contribution in [0.5, 0.6) is 0 Å². The molecule has 1 aromatic rings. The van der Waals surface area contributed by atoms with Crippen LogP contribution in [0.15, 0.2) is 24.3 Å². The summed E-state index contributed by atoms with van der Waals surface area (Å²) in [5.74, 6) is 0.652. The Morgan fingerprint density at radius 2 is 2.25 bits per heavy atom. The number of hydrogen-bond acceptors (Lipinski definition) is 3. The van der Waals surface area contributed by atoms with E-state index in [4.69, 9.17) is 10.5 Å². The lowest BCUT2D eigenvalue weighted by Gasteiger charge is -2.27. The van der Waals surface area contributed by atoms with Gasteiger partial charge in [-0.15, -0.1) is 0 Å². The Hall–Kier alpha value is -1.22. The Labute approximate surface area is 97.2 Å². The topological polar surface area (TPSA) is 38.5 Å². The molecule has 0 bridgehead atoms. The predicted molar refractivity (Wildman–Crippen MR) is 67.7 cm³/mol. The molecule has 0 aromatic heterocycles. The van der Waals surface area contributed by atoms with E-state index in [1.807, 2.05) is 18.2 Å². The van der Waals surface area contributed by atoms with Gasteiger partial charge < -0.3 is 15.4 Å². The smallest absolute Gasteiger partial charge is 0.0599 e. The lowest BCUT2D eigenvalue weighted by atomic mass is 10.1. The number of rotatable bonds is 4. The summed E-state index contributed by atoms with van der Waals surface area (Å²) in [7, 11) is 0. The zero-order valence-electron chi connectivity index (χ0n) is 9.86. The first-order chi connectivity index (χ1) is 7.81. The van der Waals surface area contributed by atoms with Crippen LogP contribution in [0.3, 0.4) is 0 Å². The van der Waals surface area contributed by atoms with Crippen LogP contribution in [-0.2, 0) is 4.74 Å². The van der Waals surface area contributed by atoms with Gasteiger partial charge in [-0.05, 0) is 25.5 Å². The number of para-hydroxylation sites is 2. The minimum atomic E-state index is 0.652. The van der Waals surface area contributed by atoms with Crippen LogP contribution in [0.4, 0.5) is 11.4 Å². The zero-order chi connectivity index (χ0) is 11.4. The van der Waals surface area contributed by atoms with Crippen LogP contribution in [0.1, 0.15) is 13.3 Å². The minimum absolute atomic E-state index is 0.652. The second-order valence-electron chi connectivity index (χ2n) is 4.33. The van der Waals surface area contributed by atoms with Crippen LogP contribution < -0.4 is 10.6 Å². The van der Waals surface area contributed by atoms with E-state index in [1.165, 1.54) is 6.42 Å². The zero-order valence-corrected chi connectivity index (χ0v) is 9.86. The summed E-state index contributed by atoms with van der Waals surface area (Å²) < 4.78 is 5.41. The predicted octanol–water partition coefficient (Wildman–Crippen LogP) is 2.13. The molecule has 0 aliphatic carbocycles. The first-order valence-corrected chi connectivity index (χ1v) is 5.98. The van der Waals surface area contributed by atoms with Gasteiger partial charge in [0, 0.05) is 25.6 Å². The highest BCUT2D eigenvalue weighted by Crippen LogP contribution is 2.24. The Bertz CT molecular complexity index is 334. The molecule has 1 atom stereocenters. The van der Waals surface area contributed by atoms with Gasteiger partial charge in [-0.1, -0.05) is 12.1 Å². The molecule has 2 N–H and O–H groups in total. The number of hydrogen-bond donors (Lipinski definition) is 1. The van der Waals surface area contributed by atoms with Crippen molar-refractivity contribution in [2.75, 3.05) is 36.9 Å². The van der Waals surface area contributed by atoms with Gasteiger partial charge in [-0.3, -0.25) is 0 Å². The summed E-state index contributed by atoms with van der Waals surface area (Å²) in [6.07, 6.45) is 1.17. The SMILES string of the molecule is CCN(CC1CCOC1)c1ccccc1N. The molecule has 3 nitrogen and oxygen atoms in total. The average Bonchev–Trinajstić information content (AvgIpc) is 2.80. The third kappa shape index (κ3) is 2.47. The molecule has 1 heterocycles. The highest BCUT2D eigenvalue weighted by atomic mass is 16.5. The molecule has 1 aromatic carbocycles. The fourth-order valence-corrected chi connectivity index (χ4v) is 2.21.